The zero-order valence-electron chi connectivity index (χ0n) is 17.2. The second-order valence-corrected chi connectivity index (χ2v) is 7.90. The van der Waals surface area contributed by atoms with Crippen LogP contribution in [0, 0.1) is 6.92 Å². The SMILES string of the molecule is CCCNC(=O)[C@H](CC)N(Cc1ccccc1C)C(=O)Cc1ccc(Cl)c(Cl)c1. The van der Waals surface area contributed by atoms with E-state index in [0.29, 0.717) is 29.6 Å². The Labute approximate surface area is 183 Å². The molecule has 2 aromatic carbocycles. The molecule has 0 radical (unpaired) electrons. The molecule has 0 aromatic heterocycles. The molecule has 4 nitrogen and oxygen atoms in total. The minimum Gasteiger partial charge on any atom is -0.354 e. The van der Waals surface area contributed by atoms with Gasteiger partial charge in [-0.15, -0.1) is 0 Å². The van der Waals surface area contributed by atoms with Crippen LogP contribution < -0.4 is 5.32 Å². The van der Waals surface area contributed by atoms with Gasteiger partial charge >= 0.3 is 0 Å². The van der Waals surface area contributed by atoms with Crippen LogP contribution in [0.5, 0.6) is 0 Å². The lowest BCUT2D eigenvalue weighted by molar-refractivity contribution is -0.140. The van der Waals surface area contributed by atoms with Gasteiger partial charge < -0.3 is 10.2 Å². The summed E-state index contributed by atoms with van der Waals surface area (Å²) in [6, 6.07) is 12.6. The number of aryl methyl sites for hydroxylation is 1. The average Bonchev–Trinajstić information content (AvgIpc) is 2.70. The fourth-order valence-electron chi connectivity index (χ4n) is 3.18. The van der Waals surface area contributed by atoms with Crippen molar-refractivity contribution in [1.82, 2.24) is 10.2 Å². The molecule has 2 rings (SSSR count). The van der Waals surface area contributed by atoms with Crippen molar-refractivity contribution in [2.45, 2.75) is 52.6 Å². The van der Waals surface area contributed by atoms with E-state index in [9.17, 15) is 9.59 Å². The summed E-state index contributed by atoms with van der Waals surface area (Å²) >= 11 is 12.1. The Bertz CT molecular complexity index is 855. The van der Waals surface area contributed by atoms with Crippen LogP contribution in [0.4, 0.5) is 0 Å². The number of nitrogens with zero attached hydrogens (tertiary/aromatic N) is 1. The first-order chi connectivity index (χ1) is 13.9. The number of rotatable bonds is 9. The van der Waals surface area contributed by atoms with E-state index >= 15 is 0 Å². The predicted molar refractivity (Wildman–Crippen MR) is 119 cm³/mol. The highest BCUT2D eigenvalue weighted by molar-refractivity contribution is 6.42. The van der Waals surface area contributed by atoms with E-state index in [1.807, 2.05) is 45.0 Å². The summed E-state index contributed by atoms with van der Waals surface area (Å²) in [4.78, 5) is 27.7. The van der Waals surface area contributed by atoms with E-state index in [1.54, 1.807) is 23.1 Å². The number of carbonyl (C=O) groups excluding carboxylic acids is 2. The largest absolute Gasteiger partial charge is 0.354 e. The van der Waals surface area contributed by atoms with Crippen molar-refractivity contribution in [3.8, 4) is 0 Å². The third kappa shape index (κ3) is 6.48. The minimum atomic E-state index is -0.531. The van der Waals surface area contributed by atoms with Crippen LogP contribution in [0.3, 0.4) is 0 Å². The van der Waals surface area contributed by atoms with E-state index in [-0.39, 0.29) is 18.2 Å². The Kier molecular flexibility index (Phi) is 8.99. The van der Waals surface area contributed by atoms with Gasteiger partial charge in [-0.05, 0) is 48.6 Å². The Balaban J connectivity index is 2.30. The van der Waals surface area contributed by atoms with Crippen LogP contribution in [0.15, 0.2) is 42.5 Å². The Morgan fingerprint density at radius 1 is 1.07 bits per heavy atom. The van der Waals surface area contributed by atoms with Gasteiger partial charge in [0.1, 0.15) is 6.04 Å². The summed E-state index contributed by atoms with van der Waals surface area (Å²) < 4.78 is 0. The highest BCUT2D eigenvalue weighted by Crippen LogP contribution is 2.24. The van der Waals surface area contributed by atoms with E-state index in [2.05, 4.69) is 5.32 Å². The lowest BCUT2D eigenvalue weighted by atomic mass is 10.0. The number of hydrogen-bond acceptors (Lipinski definition) is 2. The standard InChI is InChI=1S/C23H28Cl2N2O2/c1-4-12-26-23(29)21(5-2)27(15-18-9-7-6-8-16(18)3)22(28)14-17-10-11-19(24)20(25)13-17/h6-11,13,21H,4-5,12,14-15H2,1-3H3,(H,26,29)/t21-/m0/s1. The van der Waals surface area contributed by atoms with E-state index in [4.69, 9.17) is 23.2 Å². The third-order valence-corrected chi connectivity index (χ3v) is 5.62. The van der Waals surface area contributed by atoms with Crippen molar-refractivity contribution in [1.29, 1.82) is 0 Å². The monoisotopic (exact) mass is 434 g/mol. The van der Waals surface area contributed by atoms with Gasteiger partial charge in [-0.1, -0.05) is 67.4 Å². The molecular weight excluding hydrogens is 407 g/mol. The van der Waals surface area contributed by atoms with E-state index in [1.165, 1.54) is 0 Å². The van der Waals surface area contributed by atoms with Crippen LogP contribution in [-0.4, -0.2) is 29.3 Å². The molecule has 6 heteroatoms. The van der Waals surface area contributed by atoms with Gasteiger partial charge in [-0.25, -0.2) is 0 Å². The molecule has 0 aliphatic rings. The van der Waals surface area contributed by atoms with Gasteiger partial charge in [0.15, 0.2) is 0 Å². The fraction of sp³-hybridized carbons (Fsp3) is 0.391. The summed E-state index contributed by atoms with van der Waals surface area (Å²) in [6.07, 6.45) is 1.53. The molecule has 0 aliphatic heterocycles. The number of halogens is 2. The highest BCUT2D eigenvalue weighted by Gasteiger charge is 2.28. The number of amides is 2. The van der Waals surface area contributed by atoms with Gasteiger partial charge in [-0.2, -0.15) is 0 Å². The molecular formula is C23H28Cl2N2O2. The quantitative estimate of drug-likeness (QED) is 0.590. The second-order valence-electron chi connectivity index (χ2n) is 7.09. The lowest BCUT2D eigenvalue weighted by Crippen LogP contribution is -2.49. The normalized spacial score (nSPS) is 11.8. The number of nitrogens with one attached hydrogen (secondary N) is 1. The van der Waals surface area contributed by atoms with Gasteiger partial charge in [-0.3, -0.25) is 9.59 Å². The maximum atomic E-state index is 13.3. The Hall–Kier alpha value is -2.04. The van der Waals surface area contributed by atoms with Crippen molar-refractivity contribution in [2.75, 3.05) is 6.54 Å². The number of benzene rings is 2. The molecule has 0 fully saturated rings. The van der Waals surface area contributed by atoms with Crippen molar-refractivity contribution < 1.29 is 9.59 Å². The Morgan fingerprint density at radius 2 is 1.79 bits per heavy atom. The van der Waals surface area contributed by atoms with Crippen LogP contribution in [0.2, 0.25) is 10.0 Å². The Morgan fingerprint density at radius 3 is 2.41 bits per heavy atom. The maximum absolute atomic E-state index is 13.3. The molecule has 29 heavy (non-hydrogen) atoms. The van der Waals surface area contributed by atoms with Gasteiger partial charge in [0, 0.05) is 13.1 Å². The smallest absolute Gasteiger partial charge is 0.242 e. The molecule has 0 aliphatic carbocycles. The highest BCUT2D eigenvalue weighted by atomic mass is 35.5. The predicted octanol–water partition coefficient (Wildman–Crippen LogP) is 5.18. The van der Waals surface area contributed by atoms with Crippen LogP contribution in [-0.2, 0) is 22.6 Å². The zero-order valence-corrected chi connectivity index (χ0v) is 18.7. The molecule has 1 atom stereocenters. The first kappa shape index (κ1) is 23.2. The van der Waals surface area contributed by atoms with Crippen molar-refractivity contribution >= 4 is 35.0 Å². The first-order valence-corrected chi connectivity index (χ1v) is 10.7. The summed E-state index contributed by atoms with van der Waals surface area (Å²) in [5.74, 6) is -0.240. The van der Waals surface area contributed by atoms with Crippen molar-refractivity contribution in [3.63, 3.8) is 0 Å². The molecule has 2 aromatic rings. The minimum absolute atomic E-state index is 0.120. The fourth-order valence-corrected chi connectivity index (χ4v) is 3.50. The van der Waals surface area contributed by atoms with Crippen LogP contribution in [0.25, 0.3) is 0 Å². The summed E-state index contributed by atoms with van der Waals surface area (Å²) in [5, 5.41) is 3.79. The number of hydrogen-bond donors (Lipinski definition) is 1. The second kappa shape index (κ2) is 11.2. The molecule has 0 saturated heterocycles. The summed E-state index contributed by atoms with van der Waals surface area (Å²) in [6.45, 7) is 6.91. The molecule has 156 valence electrons. The van der Waals surface area contributed by atoms with Crippen molar-refractivity contribution in [3.05, 3.63) is 69.2 Å². The molecule has 0 saturated carbocycles. The van der Waals surface area contributed by atoms with Crippen LogP contribution in [0.1, 0.15) is 43.4 Å². The third-order valence-electron chi connectivity index (χ3n) is 4.88. The summed E-state index contributed by atoms with van der Waals surface area (Å²) in [5.41, 5.74) is 2.88. The first-order valence-electron chi connectivity index (χ1n) is 9.92. The van der Waals surface area contributed by atoms with Crippen molar-refractivity contribution in [2.24, 2.45) is 0 Å². The van der Waals surface area contributed by atoms with E-state index in [0.717, 1.165) is 23.1 Å². The molecule has 2 amide bonds. The molecule has 0 unspecified atom stereocenters. The molecule has 1 N–H and O–H groups in total. The van der Waals surface area contributed by atoms with Gasteiger partial charge in [0.2, 0.25) is 11.8 Å². The lowest BCUT2D eigenvalue weighted by Gasteiger charge is -2.31. The zero-order chi connectivity index (χ0) is 21.4. The molecule has 0 bridgehead atoms. The van der Waals surface area contributed by atoms with Crippen LogP contribution >= 0.6 is 23.2 Å². The van der Waals surface area contributed by atoms with Gasteiger partial charge in [0.25, 0.3) is 0 Å². The number of carbonyl (C=O) groups is 2. The topological polar surface area (TPSA) is 49.4 Å². The van der Waals surface area contributed by atoms with E-state index < -0.39 is 6.04 Å². The molecule has 0 heterocycles. The molecule has 0 spiro atoms. The summed E-state index contributed by atoms with van der Waals surface area (Å²) in [7, 11) is 0. The average molecular weight is 435 g/mol. The van der Waals surface area contributed by atoms with Gasteiger partial charge in [0.05, 0.1) is 16.5 Å². The maximum Gasteiger partial charge on any atom is 0.242 e.